The summed E-state index contributed by atoms with van der Waals surface area (Å²) in [6, 6.07) is 25.2. The van der Waals surface area contributed by atoms with Gasteiger partial charge in [0.1, 0.15) is 12.4 Å². The number of aromatic nitrogens is 1. The van der Waals surface area contributed by atoms with Gasteiger partial charge in [0.05, 0.1) is 36.5 Å². The first-order chi connectivity index (χ1) is 22.7. The lowest BCUT2D eigenvalue weighted by atomic mass is 9.94. The standard InChI is InChI=1S/C39H43FN2O5/c1-5-23-46-33(26-34(44)47-24-6-2)25-32(43)21-22-42-37(27(3)4)36(39(45)41-31-15-11-8-12-16-31)35(28-13-9-7-10-14-28)38(42)29-17-19-30(40)20-18-29/h5-20,27,32-33,43H,1-2,21-26H2,3-4H3,(H,41,45)/t32-,33-/m1/s1. The van der Waals surface area contributed by atoms with E-state index in [1.807, 2.05) is 74.5 Å². The molecule has 2 N–H and O–H groups in total. The maximum Gasteiger partial charge on any atom is 0.308 e. The monoisotopic (exact) mass is 638 g/mol. The Hall–Kier alpha value is -4.79. The second kappa shape index (κ2) is 17.2. The molecule has 0 saturated carbocycles. The minimum absolute atomic E-state index is 0.0255. The third kappa shape index (κ3) is 9.37. The van der Waals surface area contributed by atoms with Gasteiger partial charge < -0.3 is 24.5 Å². The first-order valence-electron chi connectivity index (χ1n) is 15.8. The number of ether oxygens (including phenoxy) is 2. The molecule has 0 aliphatic carbocycles. The molecule has 0 bridgehead atoms. The summed E-state index contributed by atoms with van der Waals surface area (Å²) in [6.07, 6.45) is 2.11. The number of hydrogen-bond acceptors (Lipinski definition) is 5. The van der Waals surface area contributed by atoms with Crippen molar-refractivity contribution in [2.45, 2.75) is 57.8 Å². The lowest BCUT2D eigenvalue weighted by Crippen LogP contribution is -2.26. The Morgan fingerprint density at radius 3 is 2.17 bits per heavy atom. The third-order valence-corrected chi connectivity index (χ3v) is 7.72. The molecule has 47 heavy (non-hydrogen) atoms. The molecule has 3 aromatic carbocycles. The van der Waals surface area contributed by atoms with E-state index in [-0.39, 0.29) is 43.7 Å². The molecule has 0 saturated heterocycles. The Bertz CT molecular complexity index is 1630. The molecule has 0 aliphatic heterocycles. The van der Waals surface area contributed by atoms with Crippen LogP contribution in [0.4, 0.5) is 10.1 Å². The smallest absolute Gasteiger partial charge is 0.308 e. The average molecular weight is 639 g/mol. The zero-order valence-corrected chi connectivity index (χ0v) is 27.0. The first-order valence-corrected chi connectivity index (χ1v) is 15.8. The van der Waals surface area contributed by atoms with Crippen molar-refractivity contribution in [1.29, 1.82) is 0 Å². The third-order valence-electron chi connectivity index (χ3n) is 7.72. The van der Waals surface area contributed by atoms with E-state index in [4.69, 9.17) is 9.47 Å². The predicted molar refractivity (Wildman–Crippen MR) is 185 cm³/mol. The Morgan fingerprint density at radius 1 is 0.915 bits per heavy atom. The molecule has 0 unspecified atom stereocenters. The summed E-state index contributed by atoms with van der Waals surface area (Å²) in [6.45, 7) is 12.0. The Balaban J connectivity index is 1.79. The highest BCUT2D eigenvalue weighted by Gasteiger charge is 2.31. The number of rotatable bonds is 17. The zero-order chi connectivity index (χ0) is 33.8. The first kappa shape index (κ1) is 35.1. The van der Waals surface area contributed by atoms with E-state index in [1.165, 1.54) is 18.2 Å². The normalized spacial score (nSPS) is 12.4. The fourth-order valence-corrected chi connectivity index (χ4v) is 5.72. The van der Waals surface area contributed by atoms with Crippen LogP contribution in [-0.2, 0) is 20.8 Å². The van der Waals surface area contributed by atoms with Crippen molar-refractivity contribution in [3.8, 4) is 22.4 Å². The van der Waals surface area contributed by atoms with Gasteiger partial charge >= 0.3 is 5.97 Å². The number of halogens is 1. The number of aliphatic hydroxyl groups excluding tert-OH is 1. The van der Waals surface area contributed by atoms with Gasteiger partial charge in [-0.2, -0.15) is 0 Å². The SMILES string of the molecule is C=CCOC(=O)C[C@@H](C[C@H](O)CCn1c(-c2ccc(F)cc2)c(-c2ccccc2)c(C(=O)Nc2ccccc2)c1C(C)C)OCC=C. The van der Waals surface area contributed by atoms with E-state index >= 15 is 0 Å². The summed E-state index contributed by atoms with van der Waals surface area (Å²) in [5, 5.41) is 14.3. The van der Waals surface area contributed by atoms with Gasteiger partial charge in [-0.15, -0.1) is 6.58 Å². The lowest BCUT2D eigenvalue weighted by molar-refractivity contribution is -0.146. The van der Waals surface area contributed by atoms with Gasteiger partial charge in [0.2, 0.25) is 0 Å². The van der Waals surface area contributed by atoms with Crippen molar-refractivity contribution in [3.05, 3.63) is 127 Å². The summed E-state index contributed by atoms with van der Waals surface area (Å²) in [7, 11) is 0. The molecule has 246 valence electrons. The largest absolute Gasteiger partial charge is 0.461 e. The Morgan fingerprint density at radius 2 is 1.55 bits per heavy atom. The fourth-order valence-electron chi connectivity index (χ4n) is 5.72. The van der Waals surface area contributed by atoms with Crippen molar-refractivity contribution in [1.82, 2.24) is 4.57 Å². The summed E-state index contributed by atoms with van der Waals surface area (Å²) in [5.41, 5.74) is 5.01. The molecule has 1 amide bonds. The summed E-state index contributed by atoms with van der Waals surface area (Å²) < 4.78 is 27.2. The van der Waals surface area contributed by atoms with E-state index in [1.54, 1.807) is 18.2 Å². The second-order valence-electron chi connectivity index (χ2n) is 11.6. The van der Waals surface area contributed by atoms with Crippen molar-refractivity contribution >= 4 is 17.6 Å². The number of amides is 1. The lowest BCUT2D eigenvalue weighted by Gasteiger charge is -2.22. The quantitative estimate of drug-likeness (QED) is 0.0900. The number of nitrogens with one attached hydrogen (secondary N) is 1. The minimum Gasteiger partial charge on any atom is -0.461 e. The molecular formula is C39H43FN2O5. The van der Waals surface area contributed by atoms with Crippen LogP contribution in [0.1, 0.15) is 55.1 Å². The molecule has 0 radical (unpaired) electrons. The Labute approximate surface area is 276 Å². The van der Waals surface area contributed by atoms with Gasteiger partial charge in [-0.1, -0.05) is 81.1 Å². The molecule has 0 fully saturated rings. The van der Waals surface area contributed by atoms with Crippen LogP contribution in [0.2, 0.25) is 0 Å². The predicted octanol–water partition coefficient (Wildman–Crippen LogP) is 8.17. The molecule has 0 spiro atoms. The fraction of sp³-hybridized carbons (Fsp3) is 0.282. The summed E-state index contributed by atoms with van der Waals surface area (Å²) in [5.74, 6) is -1.17. The summed E-state index contributed by atoms with van der Waals surface area (Å²) in [4.78, 5) is 26.6. The van der Waals surface area contributed by atoms with Crippen LogP contribution in [0.15, 0.2) is 110 Å². The number of nitrogens with zero attached hydrogens (tertiary/aromatic N) is 1. The minimum atomic E-state index is -0.845. The van der Waals surface area contributed by atoms with Crippen molar-refractivity contribution in [3.63, 3.8) is 0 Å². The van der Waals surface area contributed by atoms with E-state index in [9.17, 15) is 19.1 Å². The summed E-state index contributed by atoms with van der Waals surface area (Å²) >= 11 is 0. The number of para-hydroxylation sites is 1. The van der Waals surface area contributed by atoms with Crippen LogP contribution >= 0.6 is 0 Å². The maximum atomic E-state index is 14.2. The number of aliphatic hydroxyl groups is 1. The average Bonchev–Trinajstić information content (AvgIpc) is 3.42. The van der Waals surface area contributed by atoms with Crippen molar-refractivity contribution < 1.29 is 28.6 Å². The molecule has 1 heterocycles. The number of hydrogen-bond donors (Lipinski definition) is 2. The number of carbonyl (C=O) groups excluding carboxylic acids is 2. The van der Waals surface area contributed by atoms with Crippen LogP contribution in [0.5, 0.6) is 0 Å². The molecule has 4 aromatic rings. The topological polar surface area (TPSA) is 89.8 Å². The molecule has 1 aromatic heterocycles. The van der Waals surface area contributed by atoms with Crippen LogP contribution in [0, 0.1) is 5.82 Å². The molecule has 2 atom stereocenters. The van der Waals surface area contributed by atoms with Crippen molar-refractivity contribution in [2.75, 3.05) is 18.5 Å². The molecular weight excluding hydrogens is 595 g/mol. The van der Waals surface area contributed by atoms with Crippen LogP contribution in [0.25, 0.3) is 22.4 Å². The van der Waals surface area contributed by atoms with Gasteiger partial charge in [0.25, 0.3) is 5.91 Å². The number of benzene rings is 3. The van der Waals surface area contributed by atoms with Crippen LogP contribution in [-0.4, -0.2) is 47.0 Å². The second-order valence-corrected chi connectivity index (χ2v) is 11.6. The van der Waals surface area contributed by atoms with E-state index in [0.29, 0.717) is 24.2 Å². The zero-order valence-electron chi connectivity index (χ0n) is 27.0. The van der Waals surface area contributed by atoms with Crippen LogP contribution in [0.3, 0.4) is 0 Å². The Kier molecular flexibility index (Phi) is 12.8. The van der Waals surface area contributed by atoms with E-state index < -0.39 is 18.2 Å². The molecule has 8 heteroatoms. The van der Waals surface area contributed by atoms with Gasteiger partial charge in [-0.3, -0.25) is 9.59 Å². The van der Waals surface area contributed by atoms with Gasteiger partial charge in [0.15, 0.2) is 0 Å². The number of esters is 1. The van der Waals surface area contributed by atoms with E-state index in [0.717, 1.165) is 28.1 Å². The van der Waals surface area contributed by atoms with Crippen molar-refractivity contribution in [2.24, 2.45) is 0 Å². The highest BCUT2D eigenvalue weighted by Crippen LogP contribution is 2.42. The molecule has 7 nitrogen and oxygen atoms in total. The molecule has 4 rings (SSSR count). The molecule has 0 aliphatic rings. The van der Waals surface area contributed by atoms with Gasteiger partial charge in [0, 0.05) is 29.9 Å². The van der Waals surface area contributed by atoms with Gasteiger partial charge in [-0.25, -0.2) is 4.39 Å². The number of anilines is 1. The van der Waals surface area contributed by atoms with Gasteiger partial charge in [-0.05, 0) is 59.9 Å². The highest BCUT2D eigenvalue weighted by atomic mass is 19.1. The maximum absolute atomic E-state index is 14.2. The van der Waals surface area contributed by atoms with E-state index in [2.05, 4.69) is 23.0 Å². The number of carbonyl (C=O) groups is 2. The van der Waals surface area contributed by atoms with Crippen LogP contribution < -0.4 is 5.32 Å². The highest BCUT2D eigenvalue weighted by molar-refractivity contribution is 6.12.